The smallest absolute Gasteiger partial charge is 0.305 e. The summed E-state index contributed by atoms with van der Waals surface area (Å²) < 4.78 is 13.7. The Morgan fingerprint density at radius 1 is 1.26 bits per heavy atom. The van der Waals surface area contributed by atoms with Crippen LogP contribution in [0.3, 0.4) is 0 Å². The van der Waals surface area contributed by atoms with E-state index in [9.17, 15) is 14.5 Å². The molecule has 2 rings (SSSR count). The normalized spacial score (nSPS) is 10.4. The van der Waals surface area contributed by atoms with Crippen LogP contribution in [0.25, 0.3) is 0 Å². The first-order valence-electron chi connectivity index (χ1n) is 5.57. The van der Waals surface area contributed by atoms with E-state index in [1.165, 1.54) is 12.1 Å². The molecule has 0 radical (unpaired) electrons. The number of nitrogens with zero attached hydrogens (tertiary/aromatic N) is 3. The second-order valence-electron chi connectivity index (χ2n) is 3.83. The summed E-state index contributed by atoms with van der Waals surface area (Å²) >= 11 is 0. The molecule has 0 aliphatic heterocycles. The lowest BCUT2D eigenvalue weighted by Crippen LogP contribution is -2.15. The number of nitro groups is 1. The Labute approximate surface area is 108 Å². The van der Waals surface area contributed by atoms with Gasteiger partial charge in [0, 0.05) is 30.9 Å². The molecule has 0 bridgehead atoms. The highest BCUT2D eigenvalue weighted by molar-refractivity contribution is 5.36. The summed E-state index contributed by atoms with van der Waals surface area (Å²) in [6.45, 7) is 0.597. The molecular weight excluding hydrogens is 251 g/mol. The fourth-order valence-corrected chi connectivity index (χ4v) is 1.60. The standard InChI is InChI=1S/C12H11FN4O2/c13-12-9(3-1-5-11(12)17(18)19)7-14-8-10-4-2-6-15-16-10/h1-6,14H,7-8H2. The molecule has 0 aliphatic rings. The zero-order valence-corrected chi connectivity index (χ0v) is 9.91. The topological polar surface area (TPSA) is 81.0 Å². The molecule has 0 fully saturated rings. The van der Waals surface area contributed by atoms with E-state index >= 15 is 0 Å². The molecule has 0 atom stereocenters. The monoisotopic (exact) mass is 262 g/mol. The average molecular weight is 262 g/mol. The zero-order valence-electron chi connectivity index (χ0n) is 9.91. The molecule has 6 nitrogen and oxygen atoms in total. The minimum absolute atomic E-state index is 0.185. The number of halogens is 1. The molecule has 19 heavy (non-hydrogen) atoms. The molecule has 0 saturated heterocycles. The Morgan fingerprint density at radius 3 is 2.79 bits per heavy atom. The van der Waals surface area contributed by atoms with Crippen LogP contribution in [-0.4, -0.2) is 15.1 Å². The molecule has 98 valence electrons. The van der Waals surface area contributed by atoms with Crippen LogP contribution >= 0.6 is 0 Å². The van der Waals surface area contributed by atoms with E-state index in [1.807, 2.05) is 0 Å². The highest BCUT2D eigenvalue weighted by atomic mass is 19.1. The SMILES string of the molecule is O=[N+]([O-])c1cccc(CNCc2cccnn2)c1F. The van der Waals surface area contributed by atoms with Crippen molar-refractivity contribution in [2.24, 2.45) is 0 Å². The summed E-state index contributed by atoms with van der Waals surface area (Å²) in [6, 6.07) is 7.63. The van der Waals surface area contributed by atoms with Gasteiger partial charge in [-0.3, -0.25) is 10.1 Å². The summed E-state index contributed by atoms with van der Waals surface area (Å²) in [5, 5.41) is 21.1. The predicted molar refractivity (Wildman–Crippen MR) is 65.6 cm³/mol. The van der Waals surface area contributed by atoms with Crippen LogP contribution in [0.1, 0.15) is 11.3 Å². The number of nitro benzene ring substituents is 1. The van der Waals surface area contributed by atoms with Gasteiger partial charge in [-0.15, -0.1) is 0 Å². The summed E-state index contributed by atoms with van der Waals surface area (Å²) in [4.78, 5) is 9.86. The van der Waals surface area contributed by atoms with Crippen molar-refractivity contribution in [3.63, 3.8) is 0 Å². The molecule has 2 aromatic rings. The van der Waals surface area contributed by atoms with Gasteiger partial charge in [0.05, 0.1) is 10.6 Å². The van der Waals surface area contributed by atoms with Crippen LogP contribution in [0.2, 0.25) is 0 Å². The van der Waals surface area contributed by atoms with Gasteiger partial charge in [-0.1, -0.05) is 12.1 Å². The van der Waals surface area contributed by atoms with Gasteiger partial charge in [-0.25, -0.2) is 0 Å². The third-order valence-corrected chi connectivity index (χ3v) is 2.50. The van der Waals surface area contributed by atoms with Gasteiger partial charge in [0.25, 0.3) is 0 Å². The van der Waals surface area contributed by atoms with E-state index in [4.69, 9.17) is 0 Å². The second kappa shape index (κ2) is 5.96. The largest absolute Gasteiger partial charge is 0.307 e. The molecule has 0 spiro atoms. The first-order valence-corrected chi connectivity index (χ1v) is 5.57. The summed E-state index contributed by atoms with van der Waals surface area (Å²) in [7, 11) is 0. The van der Waals surface area contributed by atoms with Gasteiger partial charge >= 0.3 is 5.69 Å². The average Bonchev–Trinajstić information content (AvgIpc) is 2.41. The number of hydrogen-bond acceptors (Lipinski definition) is 5. The Bertz CT molecular complexity index is 577. The molecular formula is C12H11FN4O2. The highest BCUT2D eigenvalue weighted by Gasteiger charge is 2.16. The van der Waals surface area contributed by atoms with E-state index in [2.05, 4.69) is 15.5 Å². The Morgan fingerprint density at radius 2 is 2.11 bits per heavy atom. The summed E-state index contributed by atoms with van der Waals surface area (Å²) in [6.07, 6.45) is 1.56. The van der Waals surface area contributed by atoms with Gasteiger partial charge < -0.3 is 5.32 Å². The van der Waals surface area contributed by atoms with Crippen molar-refractivity contribution in [3.8, 4) is 0 Å². The van der Waals surface area contributed by atoms with Crippen molar-refractivity contribution < 1.29 is 9.31 Å². The molecule has 0 aliphatic carbocycles. The molecule has 1 aromatic carbocycles. The fraction of sp³-hybridized carbons (Fsp3) is 0.167. The number of rotatable bonds is 5. The molecule has 0 saturated carbocycles. The number of aromatic nitrogens is 2. The molecule has 1 N–H and O–H groups in total. The zero-order chi connectivity index (χ0) is 13.7. The van der Waals surface area contributed by atoms with E-state index in [1.54, 1.807) is 18.3 Å². The van der Waals surface area contributed by atoms with Crippen molar-refractivity contribution in [1.82, 2.24) is 15.5 Å². The Hall–Kier alpha value is -2.41. The van der Waals surface area contributed by atoms with Gasteiger partial charge in [0.1, 0.15) is 0 Å². The minimum atomic E-state index is -0.806. The van der Waals surface area contributed by atoms with E-state index in [0.29, 0.717) is 12.2 Å². The van der Waals surface area contributed by atoms with Crippen LogP contribution < -0.4 is 5.32 Å². The number of nitrogens with one attached hydrogen (secondary N) is 1. The maximum atomic E-state index is 13.7. The van der Waals surface area contributed by atoms with Gasteiger partial charge in [-0.05, 0) is 12.1 Å². The maximum Gasteiger partial charge on any atom is 0.305 e. The van der Waals surface area contributed by atoms with Crippen molar-refractivity contribution in [2.45, 2.75) is 13.1 Å². The quantitative estimate of drug-likeness (QED) is 0.656. The van der Waals surface area contributed by atoms with Crippen molar-refractivity contribution >= 4 is 5.69 Å². The second-order valence-corrected chi connectivity index (χ2v) is 3.83. The van der Waals surface area contributed by atoms with Gasteiger partial charge in [-0.2, -0.15) is 14.6 Å². The fourth-order valence-electron chi connectivity index (χ4n) is 1.60. The third kappa shape index (κ3) is 3.29. The minimum Gasteiger partial charge on any atom is -0.307 e. The van der Waals surface area contributed by atoms with Crippen molar-refractivity contribution in [3.05, 3.63) is 63.7 Å². The lowest BCUT2D eigenvalue weighted by atomic mass is 10.2. The number of benzene rings is 1. The molecule has 7 heteroatoms. The molecule has 0 unspecified atom stereocenters. The Kier molecular flexibility index (Phi) is 4.09. The Balaban J connectivity index is 2.00. The van der Waals surface area contributed by atoms with E-state index in [-0.39, 0.29) is 12.1 Å². The van der Waals surface area contributed by atoms with E-state index in [0.717, 1.165) is 6.07 Å². The predicted octanol–water partition coefficient (Wildman–Crippen LogP) is 1.81. The van der Waals surface area contributed by atoms with Crippen molar-refractivity contribution in [1.29, 1.82) is 0 Å². The van der Waals surface area contributed by atoms with Crippen LogP contribution in [0.15, 0.2) is 36.5 Å². The molecule has 1 aromatic heterocycles. The van der Waals surface area contributed by atoms with Crippen LogP contribution in [0.4, 0.5) is 10.1 Å². The lowest BCUT2D eigenvalue weighted by Gasteiger charge is -2.05. The molecule has 1 heterocycles. The summed E-state index contributed by atoms with van der Waals surface area (Å²) in [5.74, 6) is -0.806. The van der Waals surface area contributed by atoms with E-state index < -0.39 is 16.4 Å². The van der Waals surface area contributed by atoms with Crippen LogP contribution in [0, 0.1) is 15.9 Å². The first kappa shape index (κ1) is 13.0. The first-order chi connectivity index (χ1) is 9.18. The third-order valence-electron chi connectivity index (χ3n) is 2.50. The van der Waals surface area contributed by atoms with Gasteiger partial charge in [0.15, 0.2) is 0 Å². The lowest BCUT2D eigenvalue weighted by molar-refractivity contribution is -0.387. The summed E-state index contributed by atoms with van der Waals surface area (Å²) in [5.41, 5.74) is 0.449. The van der Waals surface area contributed by atoms with Crippen molar-refractivity contribution in [2.75, 3.05) is 0 Å². The van der Waals surface area contributed by atoms with Crippen LogP contribution in [-0.2, 0) is 13.1 Å². The number of hydrogen-bond donors (Lipinski definition) is 1. The van der Waals surface area contributed by atoms with Gasteiger partial charge in [0.2, 0.25) is 5.82 Å². The van der Waals surface area contributed by atoms with Crippen LogP contribution in [0.5, 0.6) is 0 Å². The maximum absolute atomic E-state index is 13.7. The highest BCUT2D eigenvalue weighted by Crippen LogP contribution is 2.19. The molecule has 0 amide bonds.